The minimum absolute atomic E-state index is 1.22. The highest BCUT2D eigenvalue weighted by Crippen LogP contribution is 2.15. The van der Waals surface area contributed by atoms with Crippen LogP contribution in [0.15, 0.2) is 12.4 Å². The summed E-state index contributed by atoms with van der Waals surface area (Å²) in [5.41, 5.74) is 0. The first kappa shape index (κ1) is 38.2. The Morgan fingerprint density at radius 1 is 0.415 bits per heavy atom. The zero-order valence-corrected chi connectivity index (χ0v) is 28.9. The summed E-state index contributed by atoms with van der Waals surface area (Å²) in [4.78, 5) is 0. The maximum Gasteiger partial charge on any atom is 0.256 e. The molecule has 0 radical (unpaired) electrons. The van der Waals surface area contributed by atoms with Crippen LogP contribution in [0.2, 0.25) is 0 Å². The number of aromatic nitrogens is 2. The zero-order chi connectivity index (χ0) is 29.5. The maximum atomic E-state index is 2.63. The van der Waals surface area contributed by atoms with Gasteiger partial charge in [0.15, 0.2) is 0 Å². The van der Waals surface area contributed by atoms with Gasteiger partial charge < -0.3 is 0 Å². The highest BCUT2D eigenvalue weighted by atomic mass is 15.1. The summed E-state index contributed by atoms with van der Waals surface area (Å²) in [6.45, 7) is 9.39. The van der Waals surface area contributed by atoms with Crippen LogP contribution in [0.4, 0.5) is 0 Å². The number of hydrogen-bond acceptors (Lipinski definition) is 0. The molecule has 0 aliphatic carbocycles. The van der Waals surface area contributed by atoms with Gasteiger partial charge in [0.2, 0.25) is 0 Å². The third-order valence-corrected chi connectivity index (χ3v) is 9.35. The van der Waals surface area contributed by atoms with Crippen LogP contribution in [0.25, 0.3) is 0 Å². The smallest absolute Gasteiger partial charge is 0.234 e. The van der Waals surface area contributed by atoms with Gasteiger partial charge in [0.05, 0.1) is 13.1 Å². The van der Waals surface area contributed by atoms with Gasteiger partial charge in [-0.1, -0.05) is 181 Å². The van der Waals surface area contributed by atoms with E-state index in [4.69, 9.17) is 0 Å². The predicted molar refractivity (Wildman–Crippen MR) is 184 cm³/mol. The Morgan fingerprint density at radius 2 is 0.756 bits per heavy atom. The van der Waals surface area contributed by atoms with Gasteiger partial charge in [0, 0.05) is 6.42 Å². The van der Waals surface area contributed by atoms with E-state index in [1.165, 1.54) is 212 Å². The Kier molecular flexibility index (Phi) is 28.6. The van der Waals surface area contributed by atoms with E-state index in [1.54, 1.807) is 5.82 Å². The molecule has 1 aromatic rings. The minimum atomic E-state index is 1.22. The maximum absolute atomic E-state index is 2.63. The summed E-state index contributed by atoms with van der Waals surface area (Å²) in [5.74, 6) is 1.62. The van der Waals surface area contributed by atoms with Gasteiger partial charge in [0.25, 0.3) is 5.82 Å². The highest BCUT2D eigenvalue weighted by Gasteiger charge is 2.16. The molecule has 0 saturated carbocycles. The van der Waals surface area contributed by atoms with Crippen molar-refractivity contribution in [3.05, 3.63) is 18.2 Å². The fourth-order valence-electron chi connectivity index (χ4n) is 6.50. The van der Waals surface area contributed by atoms with E-state index in [-0.39, 0.29) is 0 Å². The van der Waals surface area contributed by atoms with Crippen LogP contribution in [-0.4, -0.2) is 4.57 Å². The average molecular weight is 574 g/mol. The molecule has 0 spiro atoms. The summed E-state index contributed by atoms with van der Waals surface area (Å²) in [5, 5.41) is 0. The number of unbranched alkanes of at least 4 members (excludes halogenated alkanes) is 27. The van der Waals surface area contributed by atoms with Crippen LogP contribution in [-0.2, 0) is 19.5 Å². The van der Waals surface area contributed by atoms with Crippen molar-refractivity contribution >= 4 is 0 Å². The molecule has 0 aliphatic heterocycles. The first-order chi connectivity index (χ1) is 20.3. The van der Waals surface area contributed by atoms with Gasteiger partial charge in [-0.05, 0) is 32.1 Å². The standard InChI is InChI=1S/C39H77N2/c1-4-7-10-13-15-17-18-19-20-21-22-23-25-27-30-33-36-41-38-37-40(35-32-29-12-9-6-3)39(41)34-31-28-26-24-16-14-11-8-5-2/h37-38H,4-36H2,1-3H3/q+1. The first-order valence-corrected chi connectivity index (χ1v) is 19.4. The number of aryl methyl sites for hydroxylation is 2. The third kappa shape index (κ3) is 23.4. The lowest BCUT2D eigenvalue weighted by molar-refractivity contribution is -0.704. The molecule has 242 valence electrons. The summed E-state index contributed by atoms with van der Waals surface area (Å²) in [6.07, 6.45) is 48.9. The Bertz CT molecular complexity index is 634. The number of rotatable bonds is 33. The molecule has 1 rings (SSSR count). The van der Waals surface area contributed by atoms with Crippen molar-refractivity contribution in [1.29, 1.82) is 0 Å². The molecule has 0 atom stereocenters. The van der Waals surface area contributed by atoms with Gasteiger partial charge in [0.1, 0.15) is 12.4 Å². The van der Waals surface area contributed by atoms with Gasteiger partial charge in [-0.2, -0.15) is 0 Å². The first-order valence-electron chi connectivity index (χ1n) is 19.4. The normalized spacial score (nSPS) is 11.6. The Balaban J connectivity index is 2.18. The predicted octanol–water partition coefficient (Wildman–Crippen LogP) is 13.1. The van der Waals surface area contributed by atoms with Crippen LogP contribution < -0.4 is 4.57 Å². The van der Waals surface area contributed by atoms with Crippen molar-refractivity contribution in [2.75, 3.05) is 0 Å². The van der Waals surface area contributed by atoms with Crippen LogP contribution in [0, 0.1) is 0 Å². The number of imidazole rings is 1. The lowest BCUT2D eigenvalue weighted by Gasteiger charge is -2.07. The fourth-order valence-corrected chi connectivity index (χ4v) is 6.50. The Labute approximate surface area is 259 Å². The second-order valence-corrected chi connectivity index (χ2v) is 13.4. The molecule has 0 fully saturated rings. The van der Waals surface area contributed by atoms with Crippen molar-refractivity contribution in [3.63, 3.8) is 0 Å². The molecule has 0 aliphatic rings. The van der Waals surface area contributed by atoms with Crippen molar-refractivity contribution in [2.45, 2.75) is 233 Å². The van der Waals surface area contributed by atoms with E-state index in [1.807, 2.05) is 0 Å². The number of nitrogens with zero attached hydrogens (tertiary/aromatic N) is 2. The summed E-state index contributed by atoms with van der Waals surface area (Å²) >= 11 is 0. The highest BCUT2D eigenvalue weighted by molar-refractivity contribution is 4.84. The van der Waals surface area contributed by atoms with Gasteiger partial charge in [-0.15, -0.1) is 0 Å². The Hall–Kier alpha value is -0.790. The second kappa shape index (κ2) is 30.7. The van der Waals surface area contributed by atoms with Crippen molar-refractivity contribution < 1.29 is 4.57 Å². The summed E-state index contributed by atoms with van der Waals surface area (Å²) < 4.78 is 5.24. The molecule has 0 unspecified atom stereocenters. The van der Waals surface area contributed by atoms with Crippen LogP contribution in [0.1, 0.15) is 219 Å². The molecule has 0 amide bonds. The van der Waals surface area contributed by atoms with E-state index in [9.17, 15) is 0 Å². The van der Waals surface area contributed by atoms with Crippen molar-refractivity contribution in [3.8, 4) is 0 Å². The Morgan fingerprint density at radius 3 is 1.17 bits per heavy atom. The van der Waals surface area contributed by atoms with Crippen molar-refractivity contribution in [2.24, 2.45) is 0 Å². The van der Waals surface area contributed by atoms with Crippen LogP contribution >= 0.6 is 0 Å². The quantitative estimate of drug-likeness (QED) is 0.0584. The average Bonchev–Trinajstić information content (AvgIpc) is 3.37. The van der Waals surface area contributed by atoms with Gasteiger partial charge >= 0.3 is 0 Å². The molecule has 0 bridgehead atoms. The molecule has 0 aromatic carbocycles. The molecule has 2 nitrogen and oxygen atoms in total. The number of hydrogen-bond donors (Lipinski definition) is 0. The van der Waals surface area contributed by atoms with E-state index >= 15 is 0 Å². The summed E-state index contributed by atoms with van der Waals surface area (Å²) in [7, 11) is 0. The van der Waals surface area contributed by atoms with Crippen LogP contribution in [0.5, 0.6) is 0 Å². The molecule has 2 heteroatoms. The lowest BCUT2D eigenvalue weighted by Crippen LogP contribution is -2.37. The molecular weight excluding hydrogens is 496 g/mol. The molecule has 1 aromatic heterocycles. The van der Waals surface area contributed by atoms with Gasteiger partial charge in [-0.25, -0.2) is 9.13 Å². The SMILES string of the molecule is CCCCCCCCCCCCCCCCCCn1cc[n+](CCCCCCC)c1CCCCCCCCCCC. The van der Waals surface area contributed by atoms with E-state index in [2.05, 4.69) is 42.3 Å². The monoisotopic (exact) mass is 574 g/mol. The van der Waals surface area contributed by atoms with Crippen LogP contribution in [0.3, 0.4) is 0 Å². The fraction of sp³-hybridized carbons (Fsp3) is 0.923. The largest absolute Gasteiger partial charge is 0.256 e. The second-order valence-electron chi connectivity index (χ2n) is 13.4. The molecule has 1 heterocycles. The molecule has 0 saturated heterocycles. The van der Waals surface area contributed by atoms with E-state index in [0.717, 1.165) is 0 Å². The third-order valence-electron chi connectivity index (χ3n) is 9.35. The lowest BCUT2D eigenvalue weighted by atomic mass is 10.0. The molecule has 0 N–H and O–H groups in total. The summed E-state index contributed by atoms with van der Waals surface area (Å²) in [6, 6.07) is 0. The zero-order valence-electron chi connectivity index (χ0n) is 28.9. The topological polar surface area (TPSA) is 8.81 Å². The minimum Gasteiger partial charge on any atom is -0.234 e. The molecule has 41 heavy (non-hydrogen) atoms. The van der Waals surface area contributed by atoms with Crippen molar-refractivity contribution in [1.82, 2.24) is 4.57 Å². The van der Waals surface area contributed by atoms with E-state index < -0.39 is 0 Å². The molecular formula is C39H77N2+. The van der Waals surface area contributed by atoms with E-state index in [0.29, 0.717) is 0 Å². The van der Waals surface area contributed by atoms with Gasteiger partial charge in [-0.3, -0.25) is 0 Å².